The molecule has 0 unspecified atom stereocenters. The lowest BCUT2D eigenvalue weighted by molar-refractivity contribution is -0.384. The summed E-state index contributed by atoms with van der Waals surface area (Å²) in [6, 6.07) is 17.6. The van der Waals surface area contributed by atoms with E-state index in [0.717, 1.165) is 5.56 Å². The number of hydrazone groups is 1. The number of benzene rings is 3. The Morgan fingerprint density at radius 2 is 1.87 bits per heavy atom. The van der Waals surface area contributed by atoms with Crippen molar-refractivity contribution in [3.63, 3.8) is 0 Å². The summed E-state index contributed by atoms with van der Waals surface area (Å²) in [5.41, 5.74) is 3.98. The second-order valence-corrected chi connectivity index (χ2v) is 6.94. The molecule has 0 aliphatic carbocycles. The maximum Gasteiger partial charge on any atom is 0.271 e. The largest absolute Gasteiger partial charge is 0.489 e. The molecule has 0 aliphatic heterocycles. The fourth-order valence-electron chi connectivity index (χ4n) is 2.45. The number of carbonyl (C=O) groups is 1. The Balaban J connectivity index is 1.55. The molecule has 0 spiro atoms. The second kappa shape index (κ2) is 9.87. The minimum atomic E-state index is -0.500. The number of nitrogens with zero attached hydrogens (tertiary/aromatic N) is 2. The summed E-state index contributed by atoms with van der Waals surface area (Å²) in [5.74, 6) is 0.140. The van der Waals surface area contributed by atoms with Crippen molar-refractivity contribution in [3.8, 4) is 5.75 Å². The first-order valence-corrected chi connectivity index (χ1v) is 9.42. The van der Waals surface area contributed by atoms with E-state index in [2.05, 4.69) is 10.5 Å². The van der Waals surface area contributed by atoms with Gasteiger partial charge in [0.05, 0.1) is 11.1 Å². The van der Waals surface area contributed by atoms with Crippen molar-refractivity contribution < 1.29 is 14.5 Å². The Labute approximate surface area is 182 Å². The SMILES string of the molecule is O=C(N/N=C\c1cccc([N+](=O)[O-])c1)c1ccc(OCc2ccc(Cl)cc2Cl)cc1. The summed E-state index contributed by atoms with van der Waals surface area (Å²) < 4.78 is 5.67. The van der Waals surface area contributed by atoms with E-state index in [1.54, 1.807) is 48.5 Å². The van der Waals surface area contributed by atoms with Gasteiger partial charge < -0.3 is 4.74 Å². The molecule has 9 heteroatoms. The fourth-order valence-corrected chi connectivity index (χ4v) is 2.91. The van der Waals surface area contributed by atoms with Crippen LogP contribution in [0.1, 0.15) is 21.5 Å². The summed E-state index contributed by atoms with van der Waals surface area (Å²) in [5, 5.41) is 15.7. The molecule has 30 heavy (non-hydrogen) atoms. The van der Waals surface area contributed by atoms with Crippen molar-refractivity contribution in [2.24, 2.45) is 5.10 Å². The van der Waals surface area contributed by atoms with E-state index in [4.69, 9.17) is 27.9 Å². The fraction of sp³-hybridized carbons (Fsp3) is 0.0476. The van der Waals surface area contributed by atoms with E-state index in [0.29, 0.717) is 26.9 Å². The third kappa shape index (κ3) is 5.79. The van der Waals surface area contributed by atoms with E-state index in [-0.39, 0.29) is 12.3 Å². The predicted octanol–water partition coefficient (Wildman–Crippen LogP) is 5.24. The molecule has 3 aromatic carbocycles. The number of nitro benzene ring substituents is 1. The van der Waals surface area contributed by atoms with Gasteiger partial charge >= 0.3 is 0 Å². The normalized spacial score (nSPS) is 10.7. The van der Waals surface area contributed by atoms with E-state index in [1.807, 2.05) is 0 Å². The first-order valence-electron chi connectivity index (χ1n) is 8.67. The molecule has 0 saturated carbocycles. The molecule has 3 aromatic rings. The first-order chi connectivity index (χ1) is 14.4. The van der Waals surface area contributed by atoms with Gasteiger partial charge in [-0.05, 0) is 36.4 Å². The van der Waals surface area contributed by atoms with Gasteiger partial charge in [0.25, 0.3) is 11.6 Å². The number of carbonyl (C=O) groups excluding carboxylic acids is 1. The maximum absolute atomic E-state index is 12.2. The zero-order valence-electron chi connectivity index (χ0n) is 15.4. The van der Waals surface area contributed by atoms with Gasteiger partial charge in [-0.3, -0.25) is 14.9 Å². The number of hydrogen-bond acceptors (Lipinski definition) is 5. The van der Waals surface area contributed by atoms with Gasteiger partial charge in [-0.2, -0.15) is 5.10 Å². The van der Waals surface area contributed by atoms with Crippen molar-refractivity contribution in [2.75, 3.05) is 0 Å². The van der Waals surface area contributed by atoms with Crippen LogP contribution in [0.4, 0.5) is 5.69 Å². The number of hydrogen-bond donors (Lipinski definition) is 1. The highest BCUT2D eigenvalue weighted by atomic mass is 35.5. The van der Waals surface area contributed by atoms with Crippen molar-refractivity contribution in [1.82, 2.24) is 5.43 Å². The molecular weight excluding hydrogens is 429 g/mol. The molecule has 0 bridgehead atoms. The van der Waals surface area contributed by atoms with E-state index in [1.165, 1.54) is 24.4 Å². The molecule has 3 rings (SSSR count). The summed E-state index contributed by atoms with van der Waals surface area (Å²) in [4.78, 5) is 22.4. The van der Waals surface area contributed by atoms with Crippen LogP contribution in [0.15, 0.2) is 71.8 Å². The topological polar surface area (TPSA) is 93.8 Å². The van der Waals surface area contributed by atoms with Crippen LogP contribution in [0.5, 0.6) is 5.75 Å². The smallest absolute Gasteiger partial charge is 0.271 e. The molecule has 0 aromatic heterocycles. The Kier molecular flexibility index (Phi) is 7.00. The lowest BCUT2D eigenvalue weighted by Crippen LogP contribution is -2.17. The van der Waals surface area contributed by atoms with Crippen molar-refractivity contribution >= 4 is 41.0 Å². The van der Waals surface area contributed by atoms with Gasteiger partial charge in [0.15, 0.2) is 0 Å². The van der Waals surface area contributed by atoms with E-state index >= 15 is 0 Å². The maximum atomic E-state index is 12.2. The Bertz CT molecular complexity index is 1100. The minimum Gasteiger partial charge on any atom is -0.489 e. The average molecular weight is 444 g/mol. The van der Waals surface area contributed by atoms with Crippen LogP contribution in [0.2, 0.25) is 10.0 Å². The number of amides is 1. The molecule has 7 nitrogen and oxygen atoms in total. The van der Waals surface area contributed by atoms with Crippen molar-refractivity contribution in [1.29, 1.82) is 0 Å². The second-order valence-electron chi connectivity index (χ2n) is 6.10. The van der Waals surface area contributed by atoms with Gasteiger partial charge in [-0.15, -0.1) is 0 Å². The first kappa shape index (κ1) is 21.3. The molecule has 0 atom stereocenters. The molecule has 0 aliphatic rings. The van der Waals surface area contributed by atoms with Crippen LogP contribution in [0, 0.1) is 10.1 Å². The van der Waals surface area contributed by atoms with Crippen LogP contribution in [0.25, 0.3) is 0 Å². The Hall–Kier alpha value is -3.42. The van der Waals surface area contributed by atoms with Gasteiger partial charge in [-0.1, -0.05) is 41.4 Å². The average Bonchev–Trinajstić information content (AvgIpc) is 2.73. The zero-order valence-corrected chi connectivity index (χ0v) is 16.9. The molecule has 1 amide bonds. The number of non-ortho nitro benzene ring substituents is 1. The molecule has 152 valence electrons. The molecule has 0 fully saturated rings. The Morgan fingerprint density at radius 3 is 2.57 bits per heavy atom. The zero-order chi connectivity index (χ0) is 21.5. The van der Waals surface area contributed by atoms with Gasteiger partial charge in [0, 0.05) is 38.9 Å². The van der Waals surface area contributed by atoms with E-state index < -0.39 is 10.8 Å². The van der Waals surface area contributed by atoms with E-state index in [9.17, 15) is 14.9 Å². The number of halogens is 2. The van der Waals surface area contributed by atoms with Gasteiger partial charge in [0.2, 0.25) is 0 Å². The van der Waals surface area contributed by atoms with Crippen molar-refractivity contribution in [3.05, 3.63) is 104 Å². The molecule has 1 N–H and O–H groups in total. The Morgan fingerprint density at radius 1 is 1.10 bits per heavy atom. The summed E-state index contributed by atoms with van der Waals surface area (Å²) in [6.45, 7) is 0.259. The lowest BCUT2D eigenvalue weighted by atomic mass is 10.2. The molecule has 0 heterocycles. The van der Waals surface area contributed by atoms with Crippen LogP contribution >= 0.6 is 23.2 Å². The predicted molar refractivity (Wildman–Crippen MR) is 115 cm³/mol. The number of rotatable bonds is 7. The standard InChI is InChI=1S/C21H15Cl2N3O4/c22-17-7-4-16(20(23)11-17)13-30-19-8-5-15(6-9-19)21(27)25-24-12-14-2-1-3-18(10-14)26(28)29/h1-12H,13H2,(H,25,27)/b24-12-. The number of ether oxygens (including phenoxy) is 1. The number of nitro groups is 1. The third-order valence-electron chi connectivity index (χ3n) is 3.99. The lowest BCUT2D eigenvalue weighted by Gasteiger charge is -2.08. The highest BCUT2D eigenvalue weighted by Gasteiger charge is 2.07. The van der Waals surface area contributed by atoms with Crippen LogP contribution in [-0.2, 0) is 6.61 Å². The van der Waals surface area contributed by atoms with Gasteiger partial charge in [0.1, 0.15) is 12.4 Å². The summed E-state index contributed by atoms with van der Waals surface area (Å²) in [6.07, 6.45) is 1.33. The number of nitrogens with one attached hydrogen (secondary N) is 1. The van der Waals surface area contributed by atoms with Crippen LogP contribution in [-0.4, -0.2) is 17.0 Å². The molecule has 0 radical (unpaired) electrons. The minimum absolute atomic E-state index is 0.0549. The molecular formula is C21H15Cl2N3O4. The summed E-state index contributed by atoms with van der Waals surface area (Å²) in [7, 11) is 0. The highest BCUT2D eigenvalue weighted by molar-refractivity contribution is 6.35. The van der Waals surface area contributed by atoms with Crippen molar-refractivity contribution in [2.45, 2.75) is 6.61 Å². The monoisotopic (exact) mass is 443 g/mol. The van der Waals surface area contributed by atoms with Crippen LogP contribution in [0.3, 0.4) is 0 Å². The summed E-state index contributed by atoms with van der Waals surface area (Å²) >= 11 is 12.0. The quantitative estimate of drug-likeness (QED) is 0.306. The van der Waals surface area contributed by atoms with Gasteiger partial charge in [-0.25, -0.2) is 5.43 Å². The highest BCUT2D eigenvalue weighted by Crippen LogP contribution is 2.23. The molecule has 0 saturated heterocycles. The third-order valence-corrected chi connectivity index (χ3v) is 4.57. The van der Waals surface area contributed by atoms with Crippen LogP contribution < -0.4 is 10.2 Å².